The third-order valence-corrected chi connectivity index (χ3v) is 2.55. The molecule has 0 aromatic heterocycles. The molecule has 1 atom stereocenters. The largest absolute Gasteiger partial charge is 0.464 e. The fourth-order valence-corrected chi connectivity index (χ4v) is 1.57. The van der Waals surface area contributed by atoms with Crippen LogP contribution in [0.1, 0.15) is 40.0 Å². The summed E-state index contributed by atoms with van der Waals surface area (Å²) < 4.78 is 9.44. The van der Waals surface area contributed by atoms with Crippen LogP contribution in [0.5, 0.6) is 0 Å². The molecule has 0 bridgehead atoms. The maximum absolute atomic E-state index is 11.8. The molecular weight excluding hydrogens is 290 g/mol. The topological polar surface area (TPSA) is 102 Å². The highest BCUT2D eigenvalue weighted by Crippen LogP contribution is 2.03. The van der Waals surface area contributed by atoms with Crippen molar-refractivity contribution in [3.63, 3.8) is 0 Å². The average Bonchev–Trinajstić information content (AvgIpc) is 2.45. The van der Waals surface area contributed by atoms with Crippen molar-refractivity contribution < 1.29 is 29.0 Å². The van der Waals surface area contributed by atoms with Crippen LogP contribution in [0.4, 0.5) is 0 Å². The fourth-order valence-electron chi connectivity index (χ4n) is 1.57. The molecule has 2 N–H and O–H groups in total. The van der Waals surface area contributed by atoms with E-state index in [0.29, 0.717) is 12.8 Å². The van der Waals surface area contributed by atoms with E-state index in [1.165, 1.54) is 0 Å². The lowest BCUT2D eigenvalue weighted by Gasteiger charge is -2.17. The minimum absolute atomic E-state index is 0.0723. The zero-order valence-corrected chi connectivity index (χ0v) is 13.2. The minimum atomic E-state index is -1.52. The Kier molecular flexibility index (Phi) is 10.5. The Balaban J connectivity index is 4.56. The van der Waals surface area contributed by atoms with Gasteiger partial charge in [0.2, 0.25) is 11.9 Å². The number of amides is 1. The zero-order valence-electron chi connectivity index (χ0n) is 13.2. The van der Waals surface area contributed by atoms with Crippen molar-refractivity contribution in [1.82, 2.24) is 5.32 Å². The van der Waals surface area contributed by atoms with Crippen molar-refractivity contribution in [2.75, 3.05) is 13.2 Å². The van der Waals surface area contributed by atoms with E-state index in [1.807, 2.05) is 0 Å². The molecule has 0 radical (unpaired) electrons. The molecule has 0 saturated carbocycles. The summed E-state index contributed by atoms with van der Waals surface area (Å²) in [5.74, 6) is 3.04. The molecule has 0 aromatic rings. The quantitative estimate of drug-likeness (QED) is 0.357. The van der Waals surface area contributed by atoms with E-state index < -0.39 is 30.0 Å². The van der Waals surface area contributed by atoms with Crippen LogP contribution in [-0.4, -0.2) is 48.3 Å². The van der Waals surface area contributed by atoms with Crippen LogP contribution in [0.15, 0.2) is 0 Å². The summed E-state index contributed by atoms with van der Waals surface area (Å²) in [6.07, 6.45) is -0.339. The molecule has 0 spiro atoms. The van der Waals surface area contributed by atoms with E-state index in [4.69, 9.17) is 9.47 Å². The number of hydrogen-bond acceptors (Lipinski definition) is 6. The zero-order chi connectivity index (χ0) is 17.0. The van der Waals surface area contributed by atoms with Gasteiger partial charge in [0.1, 0.15) is 0 Å². The van der Waals surface area contributed by atoms with Gasteiger partial charge in [0.15, 0.2) is 0 Å². The van der Waals surface area contributed by atoms with Gasteiger partial charge in [0.05, 0.1) is 25.7 Å². The lowest BCUT2D eigenvalue weighted by molar-refractivity contribution is -0.159. The van der Waals surface area contributed by atoms with Gasteiger partial charge in [-0.2, -0.15) is 0 Å². The van der Waals surface area contributed by atoms with Crippen LogP contribution in [0, 0.1) is 11.8 Å². The number of ether oxygens (including phenoxy) is 2. The first-order chi connectivity index (χ1) is 10.5. The molecule has 0 aromatic carbocycles. The van der Waals surface area contributed by atoms with Gasteiger partial charge in [-0.05, 0) is 27.2 Å². The lowest BCUT2D eigenvalue weighted by Crippen LogP contribution is -2.48. The summed E-state index contributed by atoms with van der Waals surface area (Å²) in [7, 11) is 0. The highest BCUT2D eigenvalue weighted by atomic mass is 16.6. The fraction of sp³-hybridized carbons (Fsp3) is 0.667. The standard InChI is InChI=1S/C15H23NO6/c1-4-7-8-9-11(17)10-12(18)16-13(14(19)21-5-2)15(20)22-6-3/h11,13,17H,5-6,8-10H2,1-3H3,(H,16,18). The van der Waals surface area contributed by atoms with Gasteiger partial charge in [-0.25, -0.2) is 9.59 Å². The van der Waals surface area contributed by atoms with Crippen molar-refractivity contribution in [1.29, 1.82) is 0 Å². The van der Waals surface area contributed by atoms with E-state index in [1.54, 1.807) is 20.8 Å². The summed E-state index contributed by atoms with van der Waals surface area (Å²) in [5, 5.41) is 11.9. The Morgan fingerprint density at radius 3 is 2.14 bits per heavy atom. The number of nitrogens with one attached hydrogen (secondary N) is 1. The number of carbonyl (C=O) groups is 3. The third kappa shape index (κ3) is 8.27. The number of hydrogen-bond donors (Lipinski definition) is 2. The van der Waals surface area contributed by atoms with Gasteiger partial charge >= 0.3 is 11.9 Å². The third-order valence-electron chi connectivity index (χ3n) is 2.55. The summed E-state index contributed by atoms with van der Waals surface area (Å²) >= 11 is 0. The Labute approximate surface area is 130 Å². The number of esters is 2. The lowest BCUT2D eigenvalue weighted by atomic mass is 10.1. The van der Waals surface area contributed by atoms with Gasteiger partial charge in [-0.15, -0.1) is 11.8 Å². The second kappa shape index (κ2) is 11.6. The highest BCUT2D eigenvalue weighted by molar-refractivity contribution is 6.02. The predicted octanol–water partition coefficient (Wildman–Crippen LogP) is 0.152. The van der Waals surface area contributed by atoms with E-state index in [-0.39, 0.29) is 19.6 Å². The molecule has 1 amide bonds. The van der Waals surface area contributed by atoms with Crippen LogP contribution in [0.2, 0.25) is 0 Å². The second-order valence-corrected chi connectivity index (χ2v) is 4.33. The first-order valence-corrected chi connectivity index (χ1v) is 7.16. The molecule has 0 aliphatic rings. The maximum Gasteiger partial charge on any atom is 0.340 e. The van der Waals surface area contributed by atoms with Crippen LogP contribution in [0.3, 0.4) is 0 Å². The molecular formula is C15H23NO6. The van der Waals surface area contributed by atoms with E-state index in [9.17, 15) is 19.5 Å². The van der Waals surface area contributed by atoms with E-state index in [0.717, 1.165) is 0 Å². The van der Waals surface area contributed by atoms with Gasteiger partial charge in [0, 0.05) is 6.42 Å². The second-order valence-electron chi connectivity index (χ2n) is 4.33. The van der Waals surface area contributed by atoms with Crippen molar-refractivity contribution in [3.05, 3.63) is 0 Å². The Bertz CT molecular complexity index is 419. The molecule has 0 saturated heterocycles. The summed E-state index contributed by atoms with van der Waals surface area (Å²) in [6.45, 7) is 5.00. The number of aliphatic hydroxyl groups is 1. The van der Waals surface area contributed by atoms with Gasteiger partial charge in [-0.3, -0.25) is 4.79 Å². The summed E-state index contributed by atoms with van der Waals surface area (Å²) in [4.78, 5) is 35.1. The molecule has 124 valence electrons. The van der Waals surface area contributed by atoms with E-state index >= 15 is 0 Å². The molecule has 0 aliphatic carbocycles. The molecule has 7 heteroatoms. The monoisotopic (exact) mass is 313 g/mol. The molecule has 0 aliphatic heterocycles. The van der Waals surface area contributed by atoms with Crippen LogP contribution >= 0.6 is 0 Å². The summed E-state index contributed by atoms with van der Waals surface area (Å²) in [6, 6.07) is -1.52. The number of aliphatic hydroxyl groups excluding tert-OH is 1. The molecule has 0 heterocycles. The first kappa shape index (κ1) is 19.9. The van der Waals surface area contributed by atoms with Crippen LogP contribution in [-0.2, 0) is 23.9 Å². The van der Waals surface area contributed by atoms with Crippen molar-refractivity contribution >= 4 is 17.8 Å². The van der Waals surface area contributed by atoms with Crippen LogP contribution < -0.4 is 5.32 Å². The number of rotatable bonds is 9. The normalized spacial score (nSPS) is 11.1. The first-order valence-electron chi connectivity index (χ1n) is 7.16. The summed E-state index contributed by atoms with van der Waals surface area (Å²) in [5.41, 5.74) is 0. The predicted molar refractivity (Wildman–Crippen MR) is 78.5 cm³/mol. The molecule has 7 nitrogen and oxygen atoms in total. The van der Waals surface area contributed by atoms with Crippen molar-refractivity contribution in [2.45, 2.75) is 52.2 Å². The Morgan fingerprint density at radius 2 is 1.68 bits per heavy atom. The maximum atomic E-state index is 11.8. The van der Waals surface area contributed by atoms with E-state index in [2.05, 4.69) is 17.2 Å². The molecule has 0 fully saturated rings. The highest BCUT2D eigenvalue weighted by Gasteiger charge is 2.31. The van der Waals surface area contributed by atoms with Gasteiger partial charge in [-0.1, -0.05) is 0 Å². The van der Waals surface area contributed by atoms with Crippen LogP contribution in [0.25, 0.3) is 0 Å². The molecule has 0 rings (SSSR count). The van der Waals surface area contributed by atoms with Gasteiger partial charge < -0.3 is 19.9 Å². The molecule has 22 heavy (non-hydrogen) atoms. The van der Waals surface area contributed by atoms with Gasteiger partial charge in [0.25, 0.3) is 0 Å². The average molecular weight is 313 g/mol. The van der Waals surface area contributed by atoms with Crippen molar-refractivity contribution in [2.24, 2.45) is 0 Å². The van der Waals surface area contributed by atoms with Crippen molar-refractivity contribution in [3.8, 4) is 11.8 Å². The number of carbonyl (C=O) groups excluding carboxylic acids is 3. The smallest absolute Gasteiger partial charge is 0.340 e. The SMILES string of the molecule is CC#CCCC(O)CC(=O)NC(C(=O)OCC)C(=O)OCC. The minimum Gasteiger partial charge on any atom is -0.464 e. The molecule has 1 unspecified atom stereocenters. The Morgan fingerprint density at radius 1 is 1.14 bits per heavy atom. The Hall–Kier alpha value is -2.07.